The molecule has 2 fully saturated rings. The van der Waals surface area contributed by atoms with Gasteiger partial charge in [0.2, 0.25) is 0 Å². The molecule has 2 atom stereocenters. The lowest BCUT2D eigenvalue weighted by Gasteiger charge is -2.27. The quantitative estimate of drug-likeness (QED) is 0.448. The second-order valence-electron chi connectivity index (χ2n) is 8.41. The second kappa shape index (κ2) is 8.39. The van der Waals surface area contributed by atoms with Crippen molar-refractivity contribution in [3.05, 3.63) is 70.5 Å². The highest BCUT2D eigenvalue weighted by Crippen LogP contribution is 2.40. The SMILES string of the molecule is O=C1C(=O)N(CC2CCCO2)C(c2ccc(F)cc2)/C1=C(/O)c1ccc2c(c1)CCCO2. The maximum absolute atomic E-state index is 13.6. The third kappa shape index (κ3) is 3.66. The molecule has 6 nitrogen and oxygen atoms in total. The second-order valence-corrected chi connectivity index (χ2v) is 8.41. The maximum Gasteiger partial charge on any atom is 0.295 e. The van der Waals surface area contributed by atoms with Crippen LogP contribution in [0.15, 0.2) is 48.0 Å². The van der Waals surface area contributed by atoms with E-state index in [0.717, 1.165) is 37.0 Å². The van der Waals surface area contributed by atoms with Crippen LogP contribution >= 0.6 is 0 Å². The summed E-state index contributed by atoms with van der Waals surface area (Å²) >= 11 is 0. The van der Waals surface area contributed by atoms with Crippen LogP contribution in [0.4, 0.5) is 4.39 Å². The van der Waals surface area contributed by atoms with Crippen LogP contribution in [0, 0.1) is 5.82 Å². The Bertz CT molecular complexity index is 1090. The van der Waals surface area contributed by atoms with E-state index in [1.54, 1.807) is 30.3 Å². The molecule has 0 saturated carbocycles. The Balaban J connectivity index is 1.60. The molecular formula is C25H24FNO5. The molecule has 7 heteroatoms. The van der Waals surface area contributed by atoms with E-state index in [4.69, 9.17) is 9.47 Å². The minimum absolute atomic E-state index is 0.0104. The lowest BCUT2D eigenvalue weighted by molar-refractivity contribution is -0.140. The zero-order valence-electron chi connectivity index (χ0n) is 17.6. The Hall–Kier alpha value is -3.19. The number of aryl methyl sites for hydroxylation is 1. The Kier molecular flexibility index (Phi) is 5.43. The van der Waals surface area contributed by atoms with E-state index >= 15 is 0 Å². The first-order chi connectivity index (χ1) is 15.5. The number of rotatable bonds is 4. The van der Waals surface area contributed by atoms with Crippen LogP contribution in [0.1, 0.15) is 42.0 Å². The van der Waals surface area contributed by atoms with Crippen LogP contribution in [0.5, 0.6) is 5.75 Å². The van der Waals surface area contributed by atoms with Crippen molar-refractivity contribution in [3.63, 3.8) is 0 Å². The maximum atomic E-state index is 13.6. The summed E-state index contributed by atoms with van der Waals surface area (Å²) in [6.45, 7) is 1.51. The first-order valence-electron chi connectivity index (χ1n) is 10.9. The van der Waals surface area contributed by atoms with Gasteiger partial charge in [0.25, 0.3) is 11.7 Å². The van der Waals surface area contributed by atoms with Crippen molar-refractivity contribution < 1.29 is 28.6 Å². The van der Waals surface area contributed by atoms with Crippen molar-refractivity contribution in [1.29, 1.82) is 0 Å². The summed E-state index contributed by atoms with van der Waals surface area (Å²) in [6.07, 6.45) is 3.21. The van der Waals surface area contributed by atoms with Crippen LogP contribution < -0.4 is 4.74 Å². The molecule has 1 N–H and O–H groups in total. The van der Waals surface area contributed by atoms with Gasteiger partial charge in [-0.15, -0.1) is 0 Å². The Morgan fingerprint density at radius 2 is 1.91 bits per heavy atom. The summed E-state index contributed by atoms with van der Waals surface area (Å²) in [7, 11) is 0. The van der Waals surface area contributed by atoms with Crippen molar-refractivity contribution in [1.82, 2.24) is 4.90 Å². The minimum Gasteiger partial charge on any atom is -0.507 e. The van der Waals surface area contributed by atoms with Gasteiger partial charge >= 0.3 is 0 Å². The highest BCUT2D eigenvalue weighted by molar-refractivity contribution is 6.46. The molecule has 166 valence electrons. The fraction of sp³-hybridized carbons (Fsp3) is 0.360. The molecular weight excluding hydrogens is 413 g/mol. The third-order valence-corrected chi connectivity index (χ3v) is 6.33. The molecule has 2 saturated heterocycles. The standard InChI is InChI=1S/C25H24FNO5/c26-18-8-5-15(6-9-18)22-21(24(29)25(30)27(22)14-19-4-2-11-31-19)23(28)17-7-10-20-16(13-17)3-1-12-32-20/h5-10,13,19,22,28H,1-4,11-12,14H2/b23-21-. The van der Waals surface area contributed by atoms with Crippen molar-refractivity contribution in [2.45, 2.75) is 37.8 Å². The monoisotopic (exact) mass is 437 g/mol. The van der Waals surface area contributed by atoms with Gasteiger partial charge in [-0.25, -0.2) is 4.39 Å². The first-order valence-corrected chi connectivity index (χ1v) is 10.9. The number of ketones is 1. The van der Waals surface area contributed by atoms with E-state index < -0.39 is 23.5 Å². The number of Topliss-reactive ketones (excluding diaryl/α,β-unsaturated/α-hetero) is 1. The summed E-state index contributed by atoms with van der Waals surface area (Å²) in [6, 6.07) is 10.1. The third-order valence-electron chi connectivity index (χ3n) is 6.33. The Morgan fingerprint density at radius 1 is 1.09 bits per heavy atom. The zero-order chi connectivity index (χ0) is 22.2. The summed E-state index contributed by atoms with van der Waals surface area (Å²) in [5.41, 5.74) is 1.98. The molecule has 0 spiro atoms. The van der Waals surface area contributed by atoms with Crippen LogP contribution in [0.3, 0.4) is 0 Å². The molecule has 0 bridgehead atoms. The highest BCUT2D eigenvalue weighted by atomic mass is 19.1. The molecule has 1 amide bonds. The predicted octanol–water partition coefficient (Wildman–Crippen LogP) is 3.75. The molecule has 0 aliphatic carbocycles. The number of aliphatic hydroxyl groups is 1. The van der Waals surface area contributed by atoms with Gasteiger partial charge in [-0.2, -0.15) is 0 Å². The number of nitrogens with zero attached hydrogens (tertiary/aromatic N) is 1. The molecule has 0 radical (unpaired) electrons. The number of carbonyl (C=O) groups is 2. The van der Waals surface area contributed by atoms with Gasteiger partial charge in [-0.05, 0) is 67.1 Å². The molecule has 3 aliphatic rings. The van der Waals surface area contributed by atoms with Crippen molar-refractivity contribution >= 4 is 17.4 Å². The molecule has 3 aliphatic heterocycles. The summed E-state index contributed by atoms with van der Waals surface area (Å²) in [5, 5.41) is 11.2. The zero-order valence-corrected chi connectivity index (χ0v) is 17.6. The number of fused-ring (bicyclic) bond motifs is 1. The van der Waals surface area contributed by atoms with E-state index in [1.807, 2.05) is 0 Å². The lowest BCUT2D eigenvalue weighted by atomic mass is 9.94. The van der Waals surface area contributed by atoms with Crippen LogP contribution in [0.2, 0.25) is 0 Å². The summed E-state index contributed by atoms with van der Waals surface area (Å²) in [4.78, 5) is 27.5. The van der Waals surface area contributed by atoms with Gasteiger partial charge in [0.05, 0.1) is 24.3 Å². The predicted molar refractivity (Wildman–Crippen MR) is 115 cm³/mol. The molecule has 3 heterocycles. The van der Waals surface area contributed by atoms with Crippen molar-refractivity contribution in [2.24, 2.45) is 0 Å². The van der Waals surface area contributed by atoms with Gasteiger partial charge in [-0.1, -0.05) is 12.1 Å². The topological polar surface area (TPSA) is 76.1 Å². The van der Waals surface area contributed by atoms with E-state index in [9.17, 15) is 19.1 Å². The van der Waals surface area contributed by atoms with Gasteiger partial charge in [0.15, 0.2) is 0 Å². The average molecular weight is 437 g/mol. The van der Waals surface area contributed by atoms with Crippen molar-refractivity contribution in [3.8, 4) is 5.75 Å². The van der Waals surface area contributed by atoms with Gasteiger partial charge < -0.3 is 19.5 Å². The number of hydrogen-bond donors (Lipinski definition) is 1. The summed E-state index contributed by atoms with van der Waals surface area (Å²) in [5.74, 6) is -1.32. The fourth-order valence-electron chi connectivity index (χ4n) is 4.73. The number of hydrogen-bond acceptors (Lipinski definition) is 5. The molecule has 2 aromatic rings. The van der Waals surface area contributed by atoms with Crippen LogP contribution in [0.25, 0.3) is 5.76 Å². The van der Waals surface area contributed by atoms with E-state index in [0.29, 0.717) is 24.3 Å². The number of amides is 1. The number of halogens is 1. The summed E-state index contributed by atoms with van der Waals surface area (Å²) < 4.78 is 24.9. The van der Waals surface area contributed by atoms with Gasteiger partial charge in [0, 0.05) is 18.7 Å². The molecule has 5 rings (SSSR count). The minimum atomic E-state index is -0.813. The smallest absolute Gasteiger partial charge is 0.295 e. The van der Waals surface area contributed by atoms with Gasteiger partial charge in [-0.3, -0.25) is 9.59 Å². The number of ether oxygens (including phenoxy) is 2. The van der Waals surface area contributed by atoms with Crippen molar-refractivity contribution in [2.75, 3.05) is 19.8 Å². The highest BCUT2D eigenvalue weighted by Gasteiger charge is 2.47. The average Bonchev–Trinajstić information content (AvgIpc) is 3.41. The van der Waals surface area contributed by atoms with E-state index in [1.165, 1.54) is 17.0 Å². The van der Waals surface area contributed by atoms with E-state index in [2.05, 4.69) is 0 Å². The lowest BCUT2D eigenvalue weighted by Crippen LogP contribution is -2.36. The number of aliphatic hydroxyl groups excluding tert-OH is 1. The Labute approximate surface area is 185 Å². The molecule has 0 aromatic heterocycles. The van der Waals surface area contributed by atoms with Crippen LogP contribution in [-0.2, 0) is 20.7 Å². The number of benzene rings is 2. The molecule has 2 aromatic carbocycles. The normalized spacial score (nSPS) is 24.5. The fourth-order valence-corrected chi connectivity index (χ4v) is 4.73. The molecule has 2 unspecified atom stereocenters. The largest absolute Gasteiger partial charge is 0.507 e. The Morgan fingerprint density at radius 3 is 2.66 bits per heavy atom. The molecule has 32 heavy (non-hydrogen) atoms. The van der Waals surface area contributed by atoms with Crippen LogP contribution in [-0.4, -0.2) is 47.6 Å². The van der Waals surface area contributed by atoms with E-state index in [-0.39, 0.29) is 24.0 Å². The number of carbonyl (C=O) groups excluding carboxylic acids is 2. The number of likely N-dealkylation sites (tertiary alicyclic amines) is 1. The van der Waals surface area contributed by atoms with Gasteiger partial charge in [0.1, 0.15) is 17.3 Å². The first kappa shape index (κ1) is 20.7.